The molecule has 3 aliphatic carbocycles. The van der Waals surface area contributed by atoms with Gasteiger partial charge in [0.2, 0.25) is 0 Å². The molecule has 0 radical (unpaired) electrons. The molecule has 5 nitrogen and oxygen atoms in total. The maximum atomic E-state index is 14.6. The number of nitrogens with two attached hydrogens (primary N) is 1. The van der Waals surface area contributed by atoms with Gasteiger partial charge in [0.1, 0.15) is 5.83 Å². The number of hydrogen-bond acceptors (Lipinski definition) is 4. The zero-order valence-electron chi connectivity index (χ0n) is 18.8. The third-order valence-corrected chi connectivity index (χ3v) is 6.91. The average Bonchev–Trinajstić information content (AvgIpc) is 3.62. The van der Waals surface area contributed by atoms with E-state index in [1.54, 1.807) is 24.7 Å². The van der Waals surface area contributed by atoms with E-state index < -0.39 is 12.0 Å². The van der Waals surface area contributed by atoms with Crippen LogP contribution in [0, 0.1) is 29.6 Å². The first kappa shape index (κ1) is 21.8. The second-order valence-electron chi connectivity index (χ2n) is 9.77. The molecule has 0 saturated heterocycles. The van der Waals surface area contributed by atoms with Gasteiger partial charge in [0.25, 0.3) is 5.91 Å². The average molecular weight is 445 g/mol. The van der Waals surface area contributed by atoms with E-state index in [0.717, 1.165) is 37.7 Å². The van der Waals surface area contributed by atoms with Crippen LogP contribution < -0.4 is 11.1 Å². The lowest BCUT2D eigenvalue weighted by Crippen LogP contribution is -2.33. The van der Waals surface area contributed by atoms with Crippen molar-refractivity contribution in [3.05, 3.63) is 59.2 Å². The van der Waals surface area contributed by atoms with Crippen molar-refractivity contribution < 1.29 is 9.18 Å². The number of fused-ring (bicyclic) bond motifs is 1. The molecular weight excluding hydrogens is 415 g/mol. The molecule has 1 aromatic rings. The van der Waals surface area contributed by atoms with E-state index in [0.29, 0.717) is 28.7 Å². The van der Waals surface area contributed by atoms with Gasteiger partial charge in [0.15, 0.2) is 0 Å². The highest BCUT2D eigenvalue weighted by atomic mass is 19.1. The number of allylic oxidation sites excluding steroid dienone is 3. The lowest BCUT2D eigenvalue weighted by Gasteiger charge is -2.32. The van der Waals surface area contributed by atoms with Crippen molar-refractivity contribution in [3.8, 4) is 11.8 Å². The van der Waals surface area contributed by atoms with Gasteiger partial charge in [-0.25, -0.2) is 4.39 Å². The van der Waals surface area contributed by atoms with Gasteiger partial charge in [-0.05, 0) is 67.7 Å². The molecule has 0 bridgehead atoms. The van der Waals surface area contributed by atoms with E-state index in [2.05, 4.69) is 34.1 Å². The number of anilines is 1. The molecule has 1 aromatic heterocycles. The van der Waals surface area contributed by atoms with Crippen LogP contribution in [0.1, 0.15) is 50.5 Å². The molecule has 6 heteroatoms. The quantitative estimate of drug-likeness (QED) is 0.676. The minimum atomic E-state index is -0.602. The molecule has 170 valence electrons. The summed E-state index contributed by atoms with van der Waals surface area (Å²) in [7, 11) is 0. The van der Waals surface area contributed by atoms with Crippen LogP contribution in [-0.2, 0) is 4.79 Å². The van der Waals surface area contributed by atoms with Crippen LogP contribution in [0.15, 0.2) is 58.7 Å². The van der Waals surface area contributed by atoms with Gasteiger partial charge in [0, 0.05) is 35.5 Å². The Morgan fingerprint density at radius 3 is 2.88 bits per heavy atom. The Morgan fingerprint density at radius 2 is 2.09 bits per heavy atom. The minimum absolute atomic E-state index is 0.158. The lowest BCUT2D eigenvalue weighted by atomic mass is 9.76. The zero-order valence-corrected chi connectivity index (χ0v) is 18.8. The van der Waals surface area contributed by atoms with Crippen molar-refractivity contribution in [1.29, 1.82) is 0 Å². The second kappa shape index (κ2) is 9.07. The summed E-state index contributed by atoms with van der Waals surface area (Å²) in [6.45, 7) is 2.22. The topological polar surface area (TPSA) is 80.4 Å². The van der Waals surface area contributed by atoms with Crippen LogP contribution in [0.3, 0.4) is 0 Å². The maximum Gasteiger partial charge on any atom is 0.253 e. The summed E-state index contributed by atoms with van der Waals surface area (Å²) in [5, 5.41) is 3.03. The third-order valence-electron chi connectivity index (χ3n) is 6.91. The summed E-state index contributed by atoms with van der Waals surface area (Å²) >= 11 is 0. The van der Waals surface area contributed by atoms with E-state index in [9.17, 15) is 9.18 Å². The number of nitrogens with one attached hydrogen (secondary N) is 1. The number of aromatic nitrogens is 1. The van der Waals surface area contributed by atoms with Crippen LogP contribution in [0.4, 0.5) is 10.1 Å². The molecule has 2 fully saturated rings. The van der Waals surface area contributed by atoms with Crippen molar-refractivity contribution in [2.45, 2.75) is 57.0 Å². The highest BCUT2D eigenvalue weighted by Crippen LogP contribution is 2.39. The molecule has 0 spiro atoms. The molecule has 0 aromatic carbocycles. The summed E-state index contributed by atoms with van der Waals surface area (Å²) in [6.07, 6.45) is 15.0. The molecule has 2 unspecified atom stereocenters. The first-order chi connectivity index (χ1) is 16.0. The van der Waals surface area contributed by atoms with E-state index in [4.69, 9.17) is 5.73 Å². The Hall–Kier alpha value is -3.04. The fraction of sp³-hybridized carbons (Fsp3) is 0.444. The smallest absolute Gasteiger partial charge is 0.253 e. The zero-order chi connectivity index (χ0) is 22.9. The van der Waals surface area contributed by atoms with Crippen LogP contribution >= 0.6 is 0 Å². The van der Waals surface area contributed by atoms with Crippen molar-refractivity contribution in [2.75, 3.05) is 5.32 Å². The van der Waals surface area contributed by atoms with Crippen molar-refractivity contribution >= 4 is 17.8 Å². The van der Waals surface area contributed by atoms with Crippen LogP contribution in [-0.4, -0.2) is 29.2 Å². The number of dihydropyridines is 1. The fourth-order valence-corrected chi connectivity index (χ4v) is 5.13. The van der Waals surface area contributed by atoms with Crippen molar-refractivity contribution in [2.24, 2.45) is 28.5 Å². The summed E-state index contributed by atoms with van der Waals surface area (Å²) in [4.78, 5) is 22.0. The van der Waals surface area contributed by atoms with Crippen molar-refractivity contribution in [1.82, 2.24) is 4.98 Å². The molecule has 5 rings (SSSR count). The van der Waals surface area contributed by atoms with Crippen LogP contribution in [0.25, 0.3) is 0 Å². The Kier molecular flexibility index (Phi) is 5.99. The standard InChI is InChI=1S/C27H29FN4O/c1-16-10-19(13-20(29)11-16)21-8-9-30-15-25(21)32-27(33)22-6-7-24(28)23-12-18(14-31-26(22)23)5-4-17-2-3-17/h6-9,12,14-17,19-20,23,26H,2-3,10-11,13,29H2,1H3,(H,32,33)/t16-,19+,20-,23?,26?/m0/s1. The van der Waals surface area contributed by atoms with E-state index in [-0.39, 0.29) is 23.7 Å². The molecule has 3 N–H and O–H groups in total. The molecule has 1 amide bonds. The summed E-state index contributed by atoms with van der Waals surface area (Å²) in [5.41, 5.74) is 9.17. The fourth-order valence-electron chi connectivity index (χ4n) is 5.13. The van der Waals surface area contributed by atoms with Gasteiger partial charge in [-0.2, -0.15) is 0 Å². The SMILES string of the molecule is C[C@@H]1C[C@H](N)C[C@H](c2ccncc2NC(=O)C2=CC=C(F)C3C=C(C#CC4CC4)C=NC23)C1. The molecule has 33 heavy (non-hydrogen) atoms. The number of halogens is 1. The summed E-state index contributed by atoms with van der Waals surface area (Å²) in [6, 6.07) is 1.53. The second-order valence-corrected chi connectivity index (χ2v) is 9.77. The van der Waals surface area contributed by atoms with Crippen LogP contribution in [0.2, 0.25) is 0 Å². The Labute approximate surface area is 194 Å². The molecule has 2 heterocycles. The molecule has 2 saturated carbocycles. The Balaban J connectivity index is 1.35. The van der Waals surface area contributed by atoms with Crippen molar-refractivity contribution in [3.63, 3.8) is 0 Å². The van der Waals surface area contributed by atoms with Gasteiger partial charge >= 0.3 is 0 Å². The van der Waals surface area contributed by atoms with Crippen LogP contribution in [0.5, 0.6) is 0 Å². The number of carbonyl (C=O) groups is 1. The Morgan fingerprint density at radius 1 is 1.24 bits per heavy atom. The molecular formula is C27H29FN4O. The third kappa shape index (κ3) is 4.84. The van der Waals surface area contributed by atoms with Gasteiger partial charge < -0.3 is 11.1 Å². The van der Waals surface area contributed by atoms with Gasteiger partial charge in [0.05, 0.1) is 23.8 Å². The van der Waals surface area contributed by atoms with E-state index >= 15 is 0 Å². The lowest BCUT2D eigenvalue weighted by molar-refractivity contribution is -0.113. The summed E-state index contributed by atoms with van der Waals surface area (Å²) in [5.74, 6) is 6.37. The maximum absolute atomic E-state index is 14.6. The number of hydrogen-bond donors (Lipinski definition) is 2. The number of carbonyl (C=O) groups excluding carboxylic acids is 1. The number of rotatable bonds is 3. The molecule has 5 atom stereocenters. The van der Waals surface area contributed by atoms with Gasteiger partial charge in [-0.15, -0.1) is 0 Å². The number of nitrogens with zero attached hydrogens (tertiary/aromatic N) is 2. The largest absolute Gasteiger partial charge is 0.328 e. The first-order valence-electron chi connectivity index (χ1n) is 11.8. The monoisotopic (exact) mass is 444 g/mol. The number of amides is 1. The highest BCUT2D eigenvalue weighted by molar-refractivity contribution is 6.06. The summed E-state index contributed by atoms with van der Waals surface area (Å²) < 4.78 is 14.6. The molecule has 4 aliphatic rings. The normalized spacial score (nSPS) is 30.8. The van der Waals surface area contributed by atoms with E-state index in [1.165, 1.54) is 12.2 Å². The molecule has 1 aliphatic heterocycles. The number of pyridine rings is 1. The predicted molar refractivity (Wildman–Crippen MR) is 128 cm³/mol. The number of aliphatic imine (C=N–C) groups is 1. The Bertz CT molecular complexity index is 1120. The van der Waals surface area contributed by atoms with E-state index in [1.807, 2.05) is 6.07 Å². The predicted octanol–water partition coefficient (Wildman–Crippen LogP) is 4.45. The minimum Gasteiger partial charge on any atom is -0.328 e. The first-order valence-corrected chi connectivity index (χ1v) is 11.8. The van der Waals surface area contributed by atoms with Gasteiger partial charge in [-0.1, -0.05) is 24.8 Å². The van der Waals surface area contributed by atoms with Gasteiger partial charge in [-0.3, -0.25) is 14.8 Å². The highest BCUT2D eigenvalue weighted by Gasteiger charge is 2.35.